The van der Waals surface area contributed by atoms with Gasteiger partial charge in [0, 0.05) is 30.2 Å². The number of morpholine rings is 1. The summed E-state index contributed by atoms with van der Waals surface area (Å²) in [5.41, 5.74) is 2.82. The number of hydrogen-bond donors (Lipinski definition) is 1. The van der Waals surface area contributed by atoms with Crippen molar-refractivity contribution in [1.82, 2.24) is 4.90 Å². The highest BCUT2D eigenvalue weighted by molar-refractivity contribution is 7.10. The molecule has 5 nitrogen and oxygen atoms in total. The number of para-hydroxylation sites is 1. The summed E-state index contributed by atoms with van der Waals surface area (Å²) >= 11 is 1.65. The average Bonchev–Trinajstić information content (AvgIpc) is 3.06. The number of benzene rings is 1. The van der Waals surface area contributed by atoms with E-state index in [0.29, 0.717) is 31.9 Å². The second-order valence-electron chi connectivity index (χ2n) is 6.09. The van der Waals surface area contributed by atoms with Gasteiger partial charge in [0.15, 0.2) is 0 Å². The molecule has 1 saturated heterocycles. The summed E-state index contributed by atoms with van der Waals surface area (Å²) in [6, 6.07) is 9.78. The van der Waals surface area contributed by atoms with Gasteiger partial charge in [0.05, 0.1) is 31.9 Å². The maximum Gasteiger partial charge on any atom is 0.256 e. The van der Waals surface area contributed by atoms with Gasteiger partial charge in [0.25, 0.3) is 5.91 Å². The van der Waals surface area contributed by atoms with Gasteiger partial charge in [0.1, 0.15) is 0 Å². The van der Waals surface area contributed by atoms with Crippen molar-refractivity contribution in [2.75, 3.05) is 44.4 Å². The van der Waals surface area contributed by atoms with Crippen LogP contribution in [0.1, 0.15) is 20.8 Å². The first kappa shape index (κ1) is 17.9. The lowest BCUT2D eigenvalue weighted by Crippen LogP contribution is -2.39. The maximum absolute atomic E-state index is 13.2. The first-order valence-corrected chi connectivity index (χ1v) is 9.43. The molecule has 2 aromatic rings. The molecule has 0 aliphatic carbocycles. The number of aliphatic hydroxyl groups excluding tert-OH is 1. The fraction of sp³-hybridized carbons (Fsp3) is 0.421. The molecule has 0 saturated carbocycles. The number of thiophene rings is 1. The van der Waals surface area contributed by atoms with Crippen LogP contribution < -0.4 is 4.90 Å². The molecule has 25 heavy (non-hydrogen) atoms. The predicted octanol–water partition coefficient (Wildman–Crippen LogP) is 2.53. The van der Waals surface area contributed by atoms with Crippen LogP contribution in [0.5, 0.6) is 0 Å². The zero-order valence-electron chi connectivity index (χ0n) is 14.5. The minimum Gasteiger partial charge on any atom is -0.395 e. The summed E-state index contributed by atoms with van der Waals surface area (Å²) in [5.74, 6) is -0.0380. The second-order valence-corrected chi connectivity index (χ2v) is 7.09. The summed E-state index contributed by atoms with van der Waals surface area (Å²) in [7, 11) is 0. The summed E-state index contributed by atoms with van der Waals surface area (Å²) in [6.07, 6.45) is 0. The molecule has 1 aliphatic heterocycles. The second kappa shape index (κ2) is 8.47. The van der Waals surface area contributed by atoms with Crippen molar-refractivity contribution < 1.29 is 14.6 Å². The molecule has 3 rings (SSSR count). The zero-order chi connectivity index (χ0) is 17.6. The van der Waals surface area contributed by atoms with Gasteiger partial charge in [-0.2, -0.15) is 0 Å². The quantitative estimate of drug-likeness (QED) is 0.860. The molecule has 1 amide bonds. The third-order valence-electron chi connectivity index (χ3n) is 4.45. The summed E-state index contributed by atoms with van der Waals surface area (Å²) in [4.78, 5) is 18.3. The molecule has 134 valence electrons. The number of rotatable bonds is 6. The van der Waals surface area contributed by atoms with Crippen molar-refractivity contribution in [3.8, 4) is 0 Å². The lowest BCUT2D eigenvalue weighted by molar-refractivity contribution is 0.0709. The molecule has 0 spiro atoms. The van der Waals surface area contributed by atoms with Gasteiger partial charge >= 0.3 is 0 Å². The largest absolute Gasteiger partial charge is 0.395 e. The highest BCUT2D eigenvalue weighted by Crippen LogP contribution is 2.25. The molecular formula is C19H24N2O3S. The van der Waals surface area contributed by atoms with E-state index in [1.54, 1.807) is 16.2 Å². The molecule has 1 aromatic heterocycles. The van der Waals surface area contributed by atoms with Crippen LogP contribution >= 0.6 is 11.3 Å². The smallest absolute Gasteiger partial charge is 0.256 e. The van der Waals surface area contributed by atoms with Gasteiger partial charge in [-0.3, -0.25) is 4.79 Å². The van der Waals surface area contributed by atoms with Gasteiger partial charge in [-0.1, -0.05) is 12.1 Å². The molecule has 0 atom stereocenters. The standard InChI is InChI=1S/C19H24N2O3S/c1-15-6-13-25-18(15)14-21(7-10-22)19(23)16-4-2-3-5-17(16)20-8-11-24-12-9-20/h2-6,13,22H,7-12,14H2,1H3. The van der Waals surface area contributed by atoms with Crippen molar-refractivity contribution >= 4 is 22.9 Å². The Bertz CT molecular complexity index is 710. The van der Waals surface area contributed by atoms with E-state index in [2.05, 4.69) is 17.9 Å². The maximum atomic E-state index is 13.2. The third-order valence-corrected chi connectivity index (χ3v) is 5.45. The Kier molecular flexibility index (Phi) is 6.07. The number of carbonyl (C=O) groups excluding carboxylic acids is 1. The minimum absolute atomic E-state index is 0.0380. The first-order valence-electron chi connectivity index (χ1n) is 8.55. The van der Waals surface area contributed by atoms with E-state index >= 15 is 0 Å². The monoisotopic (exact) mass is 360 g/mol. The molecule has 6 heteroatoms. The van der Waals surface area contributed by atoms with Crippen LogP contribution in [-0.2, 0) is 11.3 Å². The molecule has 1 aromatic carbocycles. The number of aryl methyl sites for hydroxylation is 1. The molecule has 1 aliphatic rings. The number of carbonyl (C=O) groups is 1. The Balaban J connectivity index is 1.85. The van der Waals surface area contributed by atoms with Crippen LogP contribution in [0.15, 0.2) is 35.7 Å². The van der Waals surface area contributed by atoms with Gasteiger partial charge in [0.2, 0.25) is 0 Å². The lowest BCUT2D eigenvalue weighted by Gasteiger charge is -2.31. The number of aliphatic hydroxyl groups is 1. The van der Waals surface area contributed by atoms with Crippen molar-refractivity contribution in [2.45, 2.75) is 13.5 Å². The molecule has 1 fully saturated rings. The van der Waals surface area contributed by atoms with E-state index in [1.807, 2.05) is 29.6 Å². The molecule has 2 heterocycles. The van der Waals surface area contributed by atoms with Crippen LogP contribution in [-0.4, -0.2) is 55.4 Å². The van der Waals surface area contributed by atoms with E-state index in [1.165, 1.54) is 5.56 Å². The van der Waals surface area contributed by atoms with E-state index in [0.717, 1.165) is 23.7 Å². The topological polar surface area (TPSA) is 53.0 Å². The van der Waals surface area contributed by atoms with Gasteiger partial charge < -0.3 is 19.6 Å². The molecule has 0 bridgehead atoms. The van der Waals surface area contributed by atoms with Crippen molar-refractivity contribution in [2.24, 2.45) is 0 Å². The highest BCUT2D eigenvalue weighted by Gasteiger charge is 2.23. The van der Waals surface area contributed by atoms with Crippen LogP contribution in [0.4, 0.5) is 5.69 Å². The average molecular weight is 360 g/mol. The Labute approximate surface area is 152 Å². The summed E-state index contributed by atoms with van der Waals surface area (Å²) in [6.45, 7) is 5.79. The normalized spacial score (nSPS) is 14.6. The lowest BCUT2D eigenvalue weighted by atomic mass is 10.1. The molecule has 0 unspecified atom stereocenters. The Hall–Kier alpha value is -1.89. The van der Waals surface area contributed by atoms with Crippen LogP contribution in [0.2, 0.25) is 0 Å². The number of nitrogens with zero attached hydrogens (tertiary/aromatic N) is 2. The fourth-order valence-electron chi connectivity index (χ4n) is 3.02. The van der Waals surface area contributed by atoms with E-state index in [-0.39, 0.29) is 12.5 Å². The Morgan fingerprint density at radius 3 is 2.72 bits per heavy atom. The number of anilines is 1. The third kappa shape index (κ3) is 4.21. The highest BCUT2D eigenvalue weighted by atomic mass is 32.1. The fourth-order valence-corrected chi connectivity index (χ4v) is 3.94. The Morgan fingerprint density at radius 2 is 2.04 bits per heavy atom. The molecular weight excluding hydrogens is 336 g/mol. The zero-order valence-corrected chi connectivity index (χ0v) is 15.3. The van der Waals surface area contributed by atoms with Gasteiger partial charge in [-0.15, -0.1) is 11.3 Å². The van der Waals surface area contributed by atoms with Gasteiger partial charge in [-0.25, -0.2) is 0 Å². The van der Waals surface area contributed by atoms with Crippen molar-refractivity contribution in [3.63, 3.8) is 0 Å². The van der Waals surface area contributed by atoms with Crippen LogP contribution in [0.25, 0.3) is 0 Å². The van der Waals surface area contributed by atoms with E-state index in [9.17, 15) is 9.90 Å². The van der Waals surface area contributed by atoms with Crippen molar-refractivity contribution in [1.29, 1.82) is 0 Å². The number of hydrogen-bond acceptors (Lipinski definition) is 5. The summed E-state index contributed by atoms with van der Waals surface area (Å²) < 4.78 is 5.42. The molecule has 0 radical (unpaired) electrons. The van der Waals surface area contributed by atoms with Crippen LogP contribution in [0.3, 0.4) is 0 Å². The SMILES string of the molecule is Cc1ccsc1CN(CCO)C(=O)c1ccccc1N1CCOCC1. The number of amides is 1. The van der Waals surface area contributed by atoms with Gasteiger partial charge in [-0.05, 0) is 36.1 Å². The minimum atomic E-state index is -0.0457. The van der Waals surface area contributed by atoms with E-state index < -0.39 is 0 Å². The van der Waals surface area contributed by atoms with Crippen LogP contribution in [0, 0.1) is 6.92 Å². The Morgan fingerprint density at radius 1 is 1.28 bits per heavy atom. The first-order chi connectivity index (χ1) is 12.2. The van der Waals surface area contributed by atoms with Crippen molar-refractivity contribution in [3.05, 3.63) is 51.7 Å². The summed E-state index contributed by atoms with van der Waals surface area (Å²) in [5, 5.41) is 11.5. The van der Waals surface area contributed by atoms with E-state index in [4.69, 9.17) is 4.74 Å². The predicted molar refractivity (Wildman–Crippen MR) is 100 cm³/mol. The number of ether oxygens (including phenoxy) is 1. The molecule has 1 N–H and O–H groups in total.